The lowest BCUT2D eigenvalue weighted by Crippen LogP contribution is -2.51. The van der Waals surface area contributed by atoms with Crippen molar-refractivity contribution in [3.05, 3.63) is 29.8 Å². The Hall–Kier alpha value is -2.28. The molecule has 0 fully saturated rings. The van der Waals surface area contributed by atoms with E-state index in [-0.39, 0.29) is 11.8 Å². The van der Waals surface area contributed by atoms with Gasteiger partial charge in [-0.3, -0.25) is 9.59 Å². The lowest BCUT2D eigenvalue weighted by Gasteiger charge is -2.24. The highest BCUT2D eigenvalue weighted by atomic mass is 16.2. The third-order valence-corrected chi connectivity index (χ3v) is 2.37. The Bertz CT molecular complexity index is 496. The van der Waals surface area contributed by atoms with E-state index in [0.717, 1.165) is 5.56 Å². The number of benzene rings is 1. The molecule has 0 heterocycles. The number of hydrogen-bond donors (Lipinski definition) is 2. The van der Waals surface area contributed by atoms with Gasteiger partial charge in [-0.1, -0.05) is 5.92 Å². The van der Waals surface area contributed by atoms with Gasteiger partial charge in [0.05, 0.1) is 0 Å². The van der Waals surface area contributed by atoms with Crippen molar-refractivity contribution < 1.29 is 9.59 Å². The number of hydrogen-bond acceptors (Lipinski definition) is 2. The van der Waals surface area contributed by atoms with Crippen LogP contribution in [0.4, 0.5) is 5.69 Å². The summed E-state index contributed by atoms with van der Waals surface area (Å²) in [4.78, 5) is 22.9. The smallest absolute Gasteiger partial charge is 0.249 e. The van der Waals surface area contributed by atoms with Crippen LogP contribution in [0, 0.1) is 12.3 Å². The normalized spacial score (nSPS) is 10.3. The molecule has 0 saturated heterocycles. The van der Waals surface area contributed by atoms with Crippen LogP contribution in [0.2, 0.25) is 0 Å². The molecule has 0 aliphatic rings. The Morgan fingerprint density at radius 2 is 1.78 bits per heavy atom. The molecule has 0 aromatic heterocycles. The van der Waals surface area contributed by atoms with Gasteiger partial charge < -0.3 is 10.6 Å². The van der Waals surface area contributed by atoms with Crippen molar-refractivity contribution in [2.75, 3.05) is 5.32 Å². The van der Waals surface area contributed by atoms with Crippen LogP contribution >= 0.6 is 0 Å². The van der Waals surface area contributed by atoms with Crippen LogP contribution in [-0.4, -0.2) is 17.4 Å². The lowest BCUT2D eigenvalue weighted by molar-refractivity contribution is -0.128. The van der Waals surface area contributed by atoms with Crippen molar-refractivity contribution in [2.45, 2.75) is 26.3 Å². The number of carbonyl (C=O) groups excluding carboxylic acids is 2. The molecule has 0 bridgehead atoms. The van der Waals surface area contributed by atoms with E-state index in [1.165, 1.54) is 6.92 Å². The summed E-state index contributed by atoms with van der Waals surface area (Å²) in [5.41, 5.74) is 0.419. The molecule has 18 heavy (non-hydrogen) atoms. The maximum Gasteiger partial charge on any atom is 0.249 e. The molecule has 4 nitrogen and oxygen atoms in total. The van der Waals surface area contributed by atoms with E-state index in [1.54, 1.807) is 38.1 Å². The molecule has 1 rings (SSSR count). The second-order valence-corrected chi connectivity index (χ2v) is 4.48. The second-order valence-electron chi connectivity index (χ2n) is 4.48. The molecule has 1 aromatic rings. The largest absolute Gasteiger partial charge is 0.342 e. The zero-order valence-electron chi connectivity index (χ0n) is 10.7. The summed E-state index contributed by atoms with van der Waals surface area (Å²) in [5, 5.41) is 5.29. The number of nitrogens with one attached hydrogen (secondary N) is 2. The first-order valence-electron chi connectivity index (χ1n) is 5.52. The van der Waals surface area contributed by atoms with Crippen molar-refractivity contribution in [2.24, 2.45) is 0 Å². The van der Waals surface area contributed by atoms with Crippen LogP contribution in [0.15, 0.2) is 24.3 Å². The van der Waals surface area contributed by atoms with Crippen LogP contribution in [-0.2, 0) is 9.59 Å². The van der Waals surface area contributed by atoms with E-state index >= 15 is 0 Å². The number of anilines is 1. The molecule has 1 aromatic carbocycles. The van der Waals surface area contributed by atoms with Crippen LogP contribution in [0.25, 0.3) is 0 Å². The minimum atomic E-state index is -0.962. The van der Waals surface area contributed by atoms with Crippen LogP contribution < -0.4 is 10.6 Å². The van der Waals surface area contributed by atoms with E-state index in [0.29, 0.717) is 5.69 Å². The molecule has 2 N–H and O–H groups in total. The lowest BCUT2D eigenvalue weighted by atomic mass is 10.0. The highest BCUT2D eigenvalue weighted by Gasteiger charge is 2.28. The van der Waals surface area contributed by atoms with Gasteiger partial charge in [0.15, 0.2) is 0 Å². The molecule has 0 radical (unpaired) electrons. The van der Waals surface area contributed by atoms with E-state index in [1.807, 2.05) is 0 Å². The summed E-state index contributed by atoms with van der Waals surface area (Å²) < 4.78 is 0. The molecule has 2 amide bonds. The minimum absolute atomic E-state index is 0.252. The van der Waals surface area contributed by atoms with Gasteiger partial charge in [0.25, 0.3) is 0 Å². The third-order valence-electron chi connectivity index (χ3n) is 2.37. The fourth-order valence-corrected chi connectivity index (χ4v) is 1.43. The molecule has 0 aliphatic carbocycles. The highest BCUT2D eigenvalue weighted by molar-refractivity contribution is 5.99. The minimum Gasteiger partial charge on any atom is -0.342 e. The number of rotatable bonds is 3. The molecule has 4 heteroatoms. The van der Waals surface area contributed by atoms with E-state index in [2.05, 4.69) is 16.6 Å². The average molecular weight is 244 g/mol. The molecule has 94 valence electrons. The SMILES string of the molecule is C#Cc1ccc(NC(=O)C(C)(C)NC(C)=O)cc1. The topological polar surface area (TPSA) is 58.2 Å². The quantitative estimate of drug-likeness (QED) is 0.792. The van der Waals surface area contributed by atoms with E-state index in [9.17, 15) is 9.59 Å². The fraction of sp³-hybridized carbons (Fsp3) is 0.286. The van der Waals surface area contributed by atoms with Gasteiger partial charge in [-0.25, -0.2) is 0 Å². The van der Waals surface area contributed by atoms with Crippen LogP contribution in [0.1, 0.15) is 26.3 Å². The van der Waals surface area contributed by atoms with Crippen LogP contribution in [0.5, 0.6) is 0 Å². The standard InChI is InChI=1S/C14H16N2O2/c1-5-11-6-8-12(9-7-11)15-13(18)14(3,4)16-10(2)17/h1,6-9H,2-4H3,(H,15,18)(H,16,17). The molecule has 0 atom stereocenters. The number of amides is 2. The molecular formula is C14H16N2O2. The molecule has 0 aliphatic heterocycles. The summed E-state index contributed by atoms with van der Waals surface area (Å²) in [5.74, 6) is 1.96. The summed E-state index contributed by atoms with van der Waals surface area (Å²) in [7, 11) is 0. The zero-order chi connectivity index (χ0) is 13.8. The molecule has 0 spiro atoms. The van der Waals surface area contributed by atoms with Gasteiger partial charge in [-0.2, -0.15) is 0 Å². The van der Waals surface area contributed by atoms with Gasteiger partial charge in [0, 0.05) is 18.2 Å². The predicted octanol–water partition coefficient (Wildman–Crippen LogP) is 1.52. The Morgan fingerprint density at radius 3 is 2.22 bits per heavy atom. The van der Waals surface area contributed by atoms with Crippen LogP contribution in [0.3, 0.4) is 0 Å². The first-order chi connectivity index (χ1) is 8.35. The van der Waals surface area contributed by atoms with E-state index in [4.69, 9.17) is 6.42 Å². The first-order valence-corrected chi connectivity index (χ1v) is 5.52. The Balaban J connectivity index is 2.75. The van der Waals surface area contributed by atoms with Crippen molar-refractivity contribution in [1.82, 2.24) is 5.32 Å². The van der Waals surface area contributed by atoms with Gasteiger partial charge >= 0.3 is 0 Å². The van der Waals surface area contributed by atoms with Crippen molar-refractivity contribution in [1.29, 1.82) is 0 Å². The Morgan fingerprint density at radius 1 is 1.22 bits per heavy atom. The number of terminal acetylenes is 1. The highest BCUT2D eigenvalue weighted by Crippen LogP contribution is 2.12. The monoisotopic (exact) mass is 244 g/mol. The first kappa shape index (κ1) is 13.8. The number of carbonyl (C=O) groups is 2. The maximum atomic E-state index is 12.0. The van der Waals surface area contributed by atoms with Crippen molar-refractivity contribution in [3.63, 3.8) is 0 Å². The van der Waals surface area contributed by atoms with Gasteiger partial charge in [0.2, 0.25) is 11.8 Å². The second kappa shape index (κ2) is 5.37. The summed E-state index contributed by atoms with van der Waals surface area (Å²) in [6, 6.07) is 6.91. The third kappa shape index (κ3) is 3.63. The summed E-state index contributed by atoms with van der Waals surface area (Å²) in [6.45, 7) is 4.65. The Kier molecular flexibility index (Phi) is 4.11. The van der Waals surface area contributed by atoms with Gasteiger partial charge in [-0.05, 0) is 38.1 Å². The summed E-state index contributed by atoms with van der Waals surface area (Å²) >= 11 is 0. The maximum absolute atomic E-state index is 12.0. The van der Waals surface area contributed by atoms with Gasteiger partial charge in [-0.15, -0.1) is 6.42 Å². The molecule has 0 unspecified atom stereocenters. The molecule has 0 saturated carbocycles. The zero-order valence-corrected chi connectivity index (χ0v) is 10.7. The summed E-state index contributed by atoms with van der Waals surface area (Å²) in [6.07, 6.45) is 5.24. The Labute approximate surface area is 107 Å². The molecular weight excluding hydrogens is 228 g/mol. The van der Waals surface area contributed by atoms with Crippen molar-refractivity contribution >= 4 is 17.5 Å². The fourth-order valence-electron chi connectivity index (χ4n) is 1.43. The van der Waals surface area contributed by atoms with E-state index < -0.39 is 5.54 Å². The predicted molar refractivity (Wildman–Crippen MR) is 70.9 cm³/mol. The average Bonchev–Trinajstić information content (AvgIpc) is 2.28. The van der Waals surface area contributed by atoms with Crippen molar-refractivity contribution in [3.8, 4) is 12.3 Å². The van der Waals surface area contributed by atoms with Gasteiger partial charge in [0.1, 0.15) is 5.54 Å².